The van der Waals surface area contributed by atoms with Crippen molar-refractivity contribution < 1.29 is 4.79 Å². The van der Waals surface area contributed by atoms with E-state index in [0.717, 1.165) is 23.7 Å². The van der Waals surface area contributed by atoms with Crippen molar-refractivity contribution in [1.29, 1.82) is 0 Å². The van der Waals surface area contributed by atoms with Crippen LogP contribution < -0.4 is 10.6 Å². The minimum Gasteiger partial charge on any atom is -0.373 e. The van der Waals surface area contributed by atoms with Crippen LogP contribution in [0.3, 0.4) is 0 Å². The third-order valence-corrected chi connectivity index (χ3v) is 4.67. The summed E-state index contributed by atoms with van der Waals surface area (Å²) in [5.41, 5.74) is 1.64. The molecule has 2 rings (SSSR count). The second-order valence-corrected chi connectivity index (χ2v) is 6.61. The number of carbonyl (C=O) groups excluding carboxylic acids is 1. The first-order valence-electron chi connectivity index (χ1n) is 7.18. The summed E-state index contributed by atoms with van der Waals surface area (Å²) in [5.74, 6) is 3.30. The van der Waals surface area contributed by atoms with E-state index in [9.17, 15) is 4.79 Å². The minimum absolute atomic E-state index is 0.0123. The van der Waals surface area contributed by atoms with Crippen molar-refractivity contribution in [2.45, 2.75) is 38.6 Å². The first-order valence-corrected chi connectivity index (χ1v) is 8.34. The van der Waals surface area contributed by atoms with Crippen LogP contribution in [-0.4, -0.2) is 35.5 Å². The van der Waals surface area contributed by atoms with Gasteiger partial charge in [-0.15, -0.1) is 0 Å². The normalized spacial score (nSPS) is 18.9. The van der Waals surface area contributed by atoms with Crippen LogP contribution >= 0.6 is 11.8 Å². The lowest BCUT2D eigenvalue weighted by Crippen LogP contribution is -2.38. The monoisotopic (exact) mass is 293 g/mol. The highest BCUT2D eigenvalue weighted by Crippen LogP contribution is 2.20. The Morgan fingerprint density at radius 3 is 2.85 bits per heavy atom. The molecule has 4 nitrogen and oxygen atoms in total. The van der Waals surface area contributed by atoms with Gasteiger partial charge in [0.15, 0.2) is 0 Å². The second kappa shape index (κ2) is 6.97. The first kappa shape index (κ1) is 15.2. The van der Waals surface area contributed by atoms with E-state index in [4.69, 9.17) is 0 Å². The van der Waals surface area contributed by atoms with E-state index in [1.807, 2.05) is 30.9 Å². The van der Waals surface area contributed by atoms with Crippen LogP contribution in [-0.2, 0) is 0 Å². The van der Waals surface area contributed by atoms with Crippen LogP contribution in [0.15, 0.2) is 12.1 Å². The average molecular weight is 293 g/mol. The molecule has 0 spiro atoms. The van der Waals surface area contributed by atoms with E-state index in [-0.39, 0.29) is 5.91 Å². The number of amides is 1. The fourth-order valence-electron chi connectivity index (χ4n) is 2.23. The summed E-state index contributed by atoms with van der Waals surface area (Å²) >= 11 is 1.92. The lowest BCUT2D eigenvalue weighted by molar-refractivity contribution is 0.0938. The number of thioether (sulfide) groups is 1. The Labute approximate surface area is 125 Å². The zero-order valence-corrected chi connectivity index (χ0v) is 13.2. The van der Waals surface area contributed by atoms with E-state index in [1.54, 1.807) is 0 Å². The fourth-order valence-corrected chi connectivity index (χ4v) is 3.30. The summed E-state index contributed by atoms with van der Waals surface area (Å²) in [4.78, 5) is 16.9. The molecule has 1 aromatic rings. The Morgan fingerprint density at radius 1 is 1.45 bits per heavy atom. The molecule has 1 unspecified atom stereocenters. The predicted octanol–water partition coefficient (Wildman–Crippen LogP) is 2.87. The van der Waals surface area contributed by atoms with E-state index >= 15 is 0 Å². The van der Waals surface area contributed by atoms with Crippen LogP contribution in [0, 0.1) is 0 Å². The van der Waals surface area contributed by atoms with Crippen LogP contribution in [0.4, 0.5) is 5.82 Å². The topological polar surface area (TPSA) is 54.0 Å². The largest absolute Gasteiger partial charge is 0.373 e. The molecule has 1 fully saturated rings. The lowest BCUT2D eigenvalue weighted by Gasteiger charge is -2.22. The molecule has 2 heterocycles. The molecule has 0 aliphatic carbocycles. The molecular weight excluding hydrogens is 270 g/mol. The maximum atomic E-state index is 12.4. The SMILES string of the molecule is CNc1cc(C(=O)NC2CCCSC2)cc(C(C)C)n1. The van der Waals surface area contributed by atoms with Crippen molar-refractivity contribution >= 4 is 23.5 Å². The van der Waals surface area contributed by atoms with Crippen LogP contribution in [0.1, 0.15) is 48.7 Å². The van der Waals surface area contributed by atoms with Crippen molar-refractivity contribution in [1.82, 2.24) is 10.3 Å². The molecule has 20 heavy (non-hydrogen) atoms. The van der Waals surface area contributed by atoms with Crippen LogP contribution in [0.2, 0.25) is 0 Å². The predicted molar refractivity (Wildman–Crippen MR) is 85.7 cm³/mol. The molecule has 0 saturated carbocycles. The van der Waals surface area contributed by atoms with Gasteiger partial charge in [0, 0.05) is 30.1 Å². The van der Waals surface area contributed by atoms with E-state index in [1.165, 1.54) is 12.2 Å². The average Bonchev–Trinajstić information content (AvgIpc) is 2.47. The minimum atomic E-state index is 0.0123. The highest BCUT2D eigenvalue weighted by Gasteiger charge is 2.18. The number of carbonyl (C=O) groups is 1. The third-order valence-electron chi connectivity index (χ3n) is 3.45. The van der Waals surface area contributed by atoms with Gasteiger partial charge in [-0.3, -0.25) is 4.79 Å². The van der Waals surface area contributed by atoms with E-state index in [2.05, 4.69) is 29.5 Å². The van der Waals surface area contributed by atoms with Crippen LogP contribution in [0.5, 0.6) is 0 Å². The zero-order valence-electron chi connectivity index (χ0n) is 12.4. The van der Waals surface area contributed by atoms with Gasteiger partial charge in [-0.1, -0.05) is 13.8 Å². The molecule has 0 aromatic carbocycles. The quantitative estimate of drug-likeness (QED) is 0.896. The number of anilines is 1. The molecule has 2 N–H and O–H groups in total. The molecule has 1 aromatic heterocycles. The number of hydrogen-bond acceptors (Lipinski definition) is 4. The standard InChI is InChI=1S/C15H23N3OS/c1-10(2)13-7-11(8-14(16-3)18-13)15(19)17-12-5-4-6-20-9-12/h7-8,10,12H,4-6,9H2,1-3H3,(H,16,18)(H,17,19). The molecular formula is C15H23N3OS. The summed E-state index contributed by atoms with van der Waals surface area (Å²) in [6, 6.07) is 4.02. The summed E-state index contributed by atoms with van der Waals surface area (Å²) in [6.45, 7) is 4.17. The summed E-state index contributed by atoms with van der Waals surface area (Å²) in [6.07, 6.45) is 2.27. The van der Waals surface area contributed by atoms with Crippen molar-refractivity contribution in [3.8, 4) is 0 Å². The zero-order chi connectivity index (χ0) is 14.5. The number of aromatic nitrogens is 1. The van der Waals surface area contributed by atoms with Gasteiger partial charge in [0.2, 0.25) is 0 Å². The molecule has 0 radical (unpaired) electrons. The molecule has 1 atom stereocenters. The molecule has 110 valence electrons. The molecule has 5 heteroatoms. The molecule has 1 aliphatic heterocycles. The van der Waals surface area contributed by atoms with Crippen LogP contribution in [0.25, 0.3) is 0 Å². The van der Waals surface area contributed by atoms with Gasteiger partial charge in [0.1, 0.15) is 5.82 Å². The van der Waals surface area contributed by atoms with Crippen molar-refractivity contribution in [3.05, 3.63) is 23.4 Å². The Hall–Kier alpha value is -1.23. The van der Waals surface area contributed by atoms with Gasteiger partial charge in [-0.05, 0) is 36.6 Å². The smallest absolute Gasteiger partial charge is 0.251 e. The number of pyridine rings is 1. The fraction of sp³-hybridized carbons (Fsp3) is 0.600. The highest BCUT2D eigenvalue weighted by atomic mass is 32.2. The Kier molecular flexibility index (Phi) is 5.29. The van der Waals surface area contributed by atoms with Gasteiger partial charge in [-0.25, -0.2) is 4.98 Å². The third kappa shape index (κ3) is 3.88. The number of nitrogens with zero attached hydrogens (tertiary/aromatic N) is 1. The van der Waals surface area contributed by atoms with Crippen molar-refractivity contribution in [2.24, 2.45) is 0 Å². The molecule has 1 aliphatic rings. The Morgan fingerprint density at radius 2 is 2.25 bits per heavy atom. The maximum Gasteiger partial charge on any atom is 0.251 e. The van der Waals surface area contributed by atoms with E-state index in [0.29, 0.717) is 17.5 Å². The lowest BCUT2D eigenvalue weighted by atomic mass is 10.1. The molecule has 0 bridgehead atoms. The highest BCUT2D eigenvalue weighted by molar-refractivity contribution is 7.99. The molecule has 1 saturated heterocycles. The second-order valence-electron chi connectivity index (χ2n) is 5.46. The van der Waals surface area contributed by atoms with E-state index < -0.39 is 0 Å². The number of hydrogen-bond donors (Lipinski definition) is 2. The summed E-state index contributed by atoms with van der Waals surface area (Å²) < 4.78 is 0. The van der Waals surface area contributed by atoms with Gasteiger partial charge < -0.3 is 10.6 Å². The summed E-state index contributed by atoms with van der Waals surface area (Å²) in [5, 5.41) is 6.16. The Bertz CT molecular complexity index is 470. The van der Waals surface area contributed by atoms with Gasteiger partial charge >= 0.3 is 0 Å². The number of rotatable bonds is 4. The van der Waals surface area contributed by atoms with Crippen molar-refractivity contribution in [3.63, 3.8) is 0 Å². The maximum absolute atomic E-state index is 12.4. The van der Waals surface area contributed by atoms with Crippen molar-refractivity contribution in [2.75, 3.05) is 23.9 Å². The Balaban J connectivity index is 2.13. The number of nitrogens with one attached hydrogen (secondary N) is 2. The summed E-state index contributed by atoms with van der Waals surface area (Å²) in [7, 11) is 1.83. The van der Waals surface area contributed by atoms with Gasteiger partial charge in [0.25, 0.3) is 5.91 Å². The first-order chi connectivity index (χ1) is 9.60. The van der Waals surface area contributed by atoms with Gasteiger partial charge in [-0.2, -0.15) is 11.8 Å². The van der Waals surface area contributed by atoms with Gasteiger partial charge in [0.05, 0.1) is 0 Å². The molecule has 1 amide bonds.